The molecular formula is C49H84O18. The first-order chi connectivity index (χ1) is 31.2. The van der Waals surface area contributed by atoms with Gasteiger partial charge in [0, 0.05) is 10.8 Å². The number of aliphatic hydroxyl groups is 12. The molecule has 0 amide bonds. The van der Waals surface area contributed by atoms with E-state index in [9.17, 15) is 61.3 Å². The monoisotopic (exact) mass is 961 g/mol. The number of hydrogen-bond acceptors (Lipinski definition) is 18. The second-order valence-electron chi connectivity index (χ2n) is 23.3. The summed E-state index contributed by atoms with van der Waals surface area (Å²) in [6.07, 6.45) is -15.3. The summed E-state index contributed by atoms with van der Waals surface area (Å²) in [5, 5.41) is 130. The highest BCUT2D eigenvalue weighted by molar-refractivity contribution is 5.32. The van der Waals surface area contributed by atoms with E-state index < -0.39 is 140 Å². The third kappa shape index (κ3) is 9.15. The summed E-state index contributed by atoms with van der Waals surface area (Å²) in [5.74, 6) is 0.545. The Morgan fingerprint density at radius 2 is 1.24 bits per heavy atom. The summed E-state index contributed by atoms with van der Waals surface area (Å²) < 4.78 is 36.4. The van der Waals surface area contributed by atoms with E-state index in [2.05, 4.69) is 47.6 Å². The van der Waals surface area contributed by atoms with Crippen LogP contribution in [0.3, 0.4) is 0 Å². The van der Waals surface area contributed by atoms with E-state index in [1.54, 1.807) is 20.8 Å². The fourth-order valence-electron chi connectivity index (χ4n) is 14.4. The number of aliphatic hydroxyl groups excluding tert-OH is 11. The third-order valence-corrected chi connectivity index (χ3v) is 18.9. The molecular weight excluding hydrogens is 877 g/mol. The minimum Gasteiger partial charge on any atom is -0.394 e. The van der Waals surface area contributed by atoms with Crippen molar-refractivity contribution in [3.05, 3.63) is 11.6 Å². The Labute approximate surface area is 395 Å². The average molecular weight is 961 g/mol. The van der Waals surface area contributed by atoms with Gasteiger partial charge in [-0.2, -0.15) is 0 Å². The minimum atomic E-state index is -1.72. The quantitative estimate of drug-likeness (QED) is 0.105. The van der Waals surface area contributed by atoms with Crippen LogP contribution >= 0.6 is 0 Å². The summed E-state index contributed by atoms with van der Waals surface area (Å²) in [6, 6.07) is 0. The topological polar surface area (TPSA) is 298 Å². The molecule has 0 spiro atoms. The summed E-state index contributed by atoms with van der Waals surface area (Å²) in [5.41, 5.74) is -1.60. The highest BCUT2D eigenvalue weighted by Crippen LogP contribution is 2.75. The molecule has 7 rings (SSSR count). The standard InChI is InChI=1S/C49H84O18/c1-10-26-33(53)36(56)40(60)43(62-26)67-41-38(58)35(55)28(21-51)64-44(41)66-32(46(5,6)61)15-11-22(2)23-17-18-47(7)29-14-12-24-25(49(29,9)30(52)19-48(23,47)8)13-16-31(45(24,3)4)65-42-39(59)37(57)34(54)27(20-50)63-42/h12,22-23,25-44,50-61H,10-11,13-21H2,1-9H3/t22-,23?,25?,26+,27-,28-,29?,30-,31+,32-,33+,34-,35-,36-,37+,38+,39-,40+,41-,42+,43-,44+,47+,48-,49+/m1/s1. The summed E-state index contributed by atoms with van der Waals surface area (Å²) in [4.78, 5) is 0. The van der Waals surface area contributed by atoms with Gasteiger partial charge < -0.3 is 89.7 Å². The summed E-state index contributed by atoms with van der Waals surface area (Å²) in [6.45, 7) is 17.1. The lowest BCUT2D eigenvalue weighted by molar-refractivity contribution is -0.374. The van der Waals surface area contributed by atoms with E-state index in [4.69, 9.17) is 28.4 Å². The molecule has 3 heterocycles. The highest BCUT2D eigenvalue weighted by atomic mass is 16.8. The lowest BCUT2D eigenvalue weighted by Crippen LogP contribution is -2.65. The molecule has 6 fully saturated rings. The molecule has 0 aromatic carbocycles. The lowest BCUT2D eigenvalue weighted by Gasteiger charge is -2.67. The molecule has 25 atom stereocenters. The Hall–Kier alpha value is -0.980. The second kappa shape index (κ2) is 19.8. The lowest BCUT2D eigenvalue weighted by atomic mass is 9.38. The van der Waals surface area contributed by atoms with Crippen LogP contribution in [-0.4, -0.2) is 191 Å². The third-order valence-electron chi connectivity index (χ3n) is 18.9. The van der Waals surface area contributed by atoms with Gasteiger partial charge in [-0.25, -0.2) is 0 Å². The normalized spacial score (nSPS) is 51.0. The van der Waals surface area contributed by atoms with Gasteiger partial charge in [0.2, 0.25) is 0 Å². The van der Waals surface area contributed by atoms with Crippen molar-refractivity contribution >= 4 is 0 Å². The number of fused-ring (bicyclic) bond motifs is 5. The van der Waals surface area contributed by atoms with E-state index >= 15 is 0 Å². The molecule has 7 aliphatic rings. The number of hydrogen-bond donors (Lipinski definition) is 12. The Bertz CT molecular complexity index is 1710. The molecule has 0 aromatic rings. The molecule has 18 heteroatoms. The van der Waals surface area contributed by atoms with Crippen molar-refractivity contribution in [1.29, 1.82) is 0 Å². The molecule has 0 aromatic heterocycles. The average Bonchev–Trinajstić information content (AvgIpc) is 3.54. The van der Waals surface area contributed by atoms with Gasteiger partial charge in [0.15, 0.2) is 18.9 Å². The van der Waals surface area contributed by atoms with Crippen LogP contribution in [-0.2, 0) is 28.4 Å². The second-order valence-corrected chi connectivity index (χ2v) is 23.3. The Balaban J connectivity index is 1.06. The van der Waals surface area contributed by atoms with Gasteiger partial charge in [-0.05, 0) is 106 Å². The number of allylic oxidation sites excluding steroid dienone is 1. The van der Waals surface area contributed by atoms with Crippen molar-refractivity contribution < 1.29 is 89.7 Å². The molecule has 12 N–H and O–H groups in total. The Morgan fingerprint density at radius 1 is 0.687 bits per heavy atom. The highest BCUT2D eigenvalue weighted by Gasteiger charge is 2.70. The smallest absolute Gasteiger partial charge is 0.187 e. The van der Waals surface area contributed by atoms with Crippen LogP contribution in [0.2, 0.25) is 0 Å². The molecule has 3 aliphatic heterocycles. The SMILES string of the molecule is CC[C@@H]1O[C@H](O[C@H]2[C@H](O[C@H](CC[C@@H](C)C3CC[C@@]4(C)C5CC=C6C(CC[C@H](O[C@@H]7O[C@H](CO)[C@@H](O)[C@H](O)[C@H]7O)C6(C)C)[C@]5(C)[C@H](O)C[C@]34C)C(C)(C)O)O[C@H](CO)[C@@H](O)[C@@H]2O)[C@@H](O)[C@H](O)[C@H]1O. The molecule has 3 unspecified atom stereocenters. The fraction of sp³-hybridized carbons (Fsp3) is 0.959. The van der Waals surface area contributed by atoms with Gasteiger partial charge >= 0.3 is 0 Å². The maximum Gasteiger partial charge on any atom is 0.187 e. The van der Waals surface area contributed by atoms with Gasteiger partial charge in [0.25, 0.3) is 0 Å². The minimum absolute atomic E-state index is 0.0611. The van der Waals surface area contributed by atoms with Crippen LogP contribution in [0, 0.1) is 45.3 Å². The largest absolute Gasteiger partial charge is 0.394 e. The molecule has 67 heavy (non-hydrogen) atoms. The van der Waals surface area contributed by atoms with Crippen LogP contribution in [0.4, 0.5) is 0 Å². The van der Waals surface area contributed by atoms with Gasteiger partial charge in [0.1, 0.15) is 67.1 Å². The van der Waals surface area contributed by atoms with Gasteiger partial charge in [-0.15, -0.1) is 0 Å². The molecule has 0 radical (unpaired) electrons. The first kappa shape index (κ1) is 53.8. The maximum atomic E-state index is 12.6. The molecule has 3 saturated carbocycles. The fourth-order valence-corrected chi connectivity index (χ4v) is 14.4. The summed E-state index contributed by atoms with van der Waals surface area (Å²) >= 11 is 0. The Kier molecular flexibility index (Phi) is 15.9. The van der Waals surface area contributed by atoms with Crippen molar-refractivity contribution in [2.24, 2.45) is 45.3 Å². The summed E-state index contributed by atoms with van der Waals surface area (Å²) in [7, 11) is 0. The van der Waals surface area contributed by atoms with Crippen LogP contribution in [0.1, 0.15) is 120 Å². The van der Waals surface area contributed by atoms with Crippen LogP contribution in [0.15, 0.2) is 11.6 Å². The van der Waals surface area contributed by atoms with Crippen LogP contribution in [0.5, 0.6) is 0 Å². The van der Waals surface area contributed by atoms with Crippen LogP contribution < -0.4 is 0 Å². The predicted molar refractivity (Wildman–Crippen MR) is 238 cm³/mol. The Morgan fingerprint density at radius 3 is 1.82 bits per heavy atom. The maximum absolute atomic E-state index is 12.6. The molecule has 3 saturated heterocycles. The predicted octanol–water partition coefficient (Wildman–Crippen LogP) is 0.362. The van der Waals surface area contributed by atoms with Gasteiger partial charge in [-0.1, -0.05) is 60.1 Å². The van der Waals surface area contributed by atoms with Crippen molar-refractivity contribution in [1.82, 2.24) is 0 Å². The zero-order chi connectivity index (χ0) is 49.5. The molecule has 18 nitrogen and oxygen atoms in total. The zero-order valence-electron chi connectivity index (χ0n) is 40.9. The first-order valence-electron chi connectivity index (χ1n) is 24.9. The van der Waals surface area contributed by atoms with E-state index in [-0.39, 0.29) is 40.9 Å². The van der Waals surface area contributed by atoms with Crippen LogP contribution in [0.25, 0.3) is 0 Å². The van der Waals surface area contributed by atoms with Crippen molar-refractivity contribution in [2.45, 2.75) is 236 Å². The molecule has 0 bridgehead atoms. The van der Waals surface area contributed by atoms with Gasteiger partial charge in [0.05, 0.1) is 43.2 Å². The molecule has 4 aliphatic carbocycles. The number of rotatable bonds is 14. The van der Waals surface area contributed by atoms with E-state index in [1.807, 2.05) is 0 Å². The van der Waals surface area contributed by atoms with E-state index in [0.717, 1.165) is 25.7 Å². The van der Waals surface area contributed by atoms with Crippen molar-refractivity contribution in [3.63, 3.8) is 0 Å². The first-order valence-corrected chi connectivity index (χ1v) is 24.9. The molecule has 388 valence electrons. The van der Waals surface area contributed by atoms with Gasteiger partial charge in [-0.3, -0.25) is 0 Å². The van der Waals surface area contributed by atoms with E-state index in [1.165, 1.54) is 5.57 Å². The van der Waals surface area contributed by atoms with Crippen molar-refractivity contribution in [2.75, 3.05) is 13.2 Å². The zero-order valence-corrected chi connectivity index (χ0v) is 40.9. The number of ether oxygens (including phenoxy) is 6. The van der Waals surface area contributed by atoms with E-state index in [0.29, 0.717) is 25.7 Å². The van der Waals surface area contributed by atoms with Crippen molar-refractivity contribution in [3.8, 4) is 0 Å².